The quantitative estimate of drug-likeness (QED) is 0.371. The van der Waals surface area contributed by atoms with Gasteiger partial charge in [-0.05, 0) is 58.9 Å². The molecule has 2 aromatic heterocycles. The van der Waals surface area contributed by atoms with Gasteiger partial charge in [-0.15, -0.1) is 0 Å². The molecule has 204 valence electrons. The molecule has 2 fully saturated rings. The van der Waals surface area contributed by atoms with Crippen LogP contribution in [0.4, 0.5) is 11.6 Å². The van der Waals surface area contributed by atoms with E-state index in [1.807, 2.05) is 31.2 Å². The van der Waals surface area contributed by atoms with Crippen LogP contribution in [0, 0.1) is 20.8 Å². The zero-order valence-electron chi connectivity index (χ0n) is 22.8. The lowest BCUT2D eigenvalue weighted by molar-refractivity contribution is 0.108. The minimum atomic E-state index is -0.583. The van der Waals surface area contributed by atoms with Crippen LogP contribution in [0.5, 0.6) is 5.75 Å². The van der Waals surface area contributed by atoms with Crippen molar-refractivity contribution in [3.63, 3.8) is 0 Å². The Hall–Kier alpha value is -3.21. The summed E-state index contributed by atoms with van der Waals surface area (Å²) in [5, 5.41) is 21.3. The van der Waals surface area contributed by atoms with E-state index < -0.39 is 6.10 Å². The van der Waals surface area contributed by atoms with E-state index in [-0.39, 0.29) is 12.6 Å². The molecule has 0 amide bonds. The average molecular weight is 522 g/mol. The third kappa shape index (κ3) is 5.92. The Morgan fingerprint density at radius 1 is 1.18 bits per heavy atom. The van der Waals surface area contributed by atoms with Crippen molar-refractivity contribution in [1.29, 1.82) is 0 Å². The number of aromatic nitrogens is 4. The number of nitrogens with zero attached hydrogens (tertiary/aromatic N) is 5. The van der Waals surface area contributed by atoms with Crippen molar-refractivity contribution in [2.45, 2.75) is 51.8 Å². The van der Waals surface area contributed by atoms with Crippen molar-refractivity contribution >= 4 is 11.6 Å². The average Bonchev–Trinajstić information content (AvgIpc) is 3.66. The summed E-state index contributed by atoms with van der Waals surface area (Å²) < 4.78 is 13.6. The second-order valence-electron chi connectivity index (χ2n) is 10.4. The first-order valence-electron chi connectivity index (χ1n) is 13.5. The van der Waals surface area contributed by atoms with E-state index in [2.05, 4.69) is 40.1 Å². The molecule has 38 heavy (non-hydrogen) atoms. The highest BCUT2D eigenvalue weighted by molar-refractivity contribution is 5.67. The first-order chi connectivity index (χ1) is 18.4. The lowest BCUT2D eigenvalue weighted by Crippen LogP contribution is -2.29. The molecule has 1 aromatic carbocycles. The van der Waals surface area contributed by atoms with E-state index in [0.29, 0.717) is 30.8 Å². The zero-order valence-corrected chi connectivity index (χ0v) is 22.8. The molecular formula is C28H39N7O3. The Bertz CT molecular complexity index is 1240. The molecule has 0 saturated carbocycles. The molecule has 2 saturated heterocycles. The van der Waals surface area contributed by atoms with Crippen LogP contribution in [0.2, 0.25) is 0 Å². The summed E-state index contributed by atoms with van der Waals surface area (Å²) in [6.07, 6.45) is 1.38. The van der Waals surface area contributed by atoms with Crippen LogP contribution in [0.1, 0.15) is 35.8 Å². The smallest absolute Gasteiger partial charge is 0.164 e. The fourth-order valence-corrected chi connectivity index (χ4v) is 5.29. The van der Waals surface area contributed by atoms with E-state index in [1.165, 1.54) is 5.69 Å². The van der Waals surface area contributed by atoms with Gasteiger partial charge in [-0.3, -0.25) is 4.68 Å². The fourth-order valence-electron chi connectivity index (χ4n) is 5.29. The van der Waals surface area contributed by atoms with Crippen LogP contribution in [0.15, 0.2) is 30.3 Å². The fraction of sp³-hybridized carbons (Fsp3) is 0.536. The SMILES string of the molecule is CNCC(O)COc1cccc(-c2nc(NC3CCOC3)c(C)c(N3CCC(n4nc(C)cc4C)C3)n2)c1. The van der Waals surface area contributed by atoms with E-state index >= 15 is 0 Å². The summed E-state index contributed by atoms with van der Waals surface area (Å²) in [5.41, 5.74) is 4.14. The van der Waals surface area contributed by atoms with Crippen LogP contribution in [0.3, 0.4) is 0 Å². The van der Waals surface area contributed by atoms with Gasteiger partial charge in [0.05, 0.1) is 24.4 Å². The summed E-state index contributed by atoms with van der Waals surface area (Å²) in [7, 11) is 1.80. The van der Waals surface area contributed by atoms with Crippen molar-refractivity contribution in [1.82, 2.24) is 25.1 Å². The highest BCUT2D eigenvalue weighted by Gasteiger charge is 2.29. The van der Waals surface area contributed by atoms with Gasteiger partial charge in [0.25, 0.3) is 0 Å². The summed E-state index contributed by atoms with van der Waals surface area (Å²) >= 11 is 0. The molecule has 0 bridgehead atoms. The Labute approximate surface area is 224 Å². The van der Waals surface area contributed by atoms with E-state index in [4.69, 9.17) is 24.5 Å². The van der Waals surface area contributed by atoms with Gasteiger partial charge in [-0.25, -0.2) is 9.97 Å². The largest absolute Gasteiger partial charge is 0.491 e. The first-order valence-corrected chi connectivity index (χ1v) is 13.5. The van der Waals surface area contributed by atoms with Crippen molar-refractivity contribution in [2.24, 2.45) is 0 Å². The molecule has 3 N–H and O–H groups in total. The number of aliphatic hydroxyl groups excluding tert-OH is 1. The van der Waals surface area contributed by atoms with Gasteiger partial charge in [-0.1, -0.05) is 12.1 Å². The van der Waals surface area contributed by atoms with Crippen LogP contribution >= 0.6 is 0 Å². The number of benzene rings is 1. The molecule has 0 aliphatic carbocycles. The maximum Gasteiger partial charge on any atom is 0.164 e. The molecule has 3 aromatic rings. The molecule has 0 spiro atoms. The third-order valence-corrected chi connectivity index (χ3v) is 7.22. The third-order valence-electron chi connectivity index (χ3n) is 7.22. The zero-order chi connectivity index (χ0) is 26.6. The number of aryl methyl sites for hydroxylation is 2. The van der Waals surface area contributed by atoms with Crippen LogP contribution in [-0.2, 0) is 4.74 Å². The molecule has 10 nitrogen and oxygen atoms in total. The number of aliphatic hydroxyl groups is 1. The van der Waals surface area contributed by atoms with Crippen molar-refractivity contribution < 1.29 is 14.6 Å². The monoisotopic (exact) mass is 521 g/mol. The Kier molecular flexibility index (Phi) is 8.11. The predicted octanol–water partition coefficient (Wildman–Crippen LogP) is 2.88. The lowest BCUT2D eigenvalue weighted by Gasteiger charge is -2.24. The highest BCUT2D eigenvalue weighted by Crippen LogP contribution is 2.34. The molecule has 2 aliphatic rings. The van der Waals surface area contributed by atoms with E-state index in [0.717, 1.165) is 61.0 Å². The first kappa shape index (κ1) is 26.4. The van der Waals surface area contributed by atoms with Gasteiger partial charge < -0.3 is 30.1 Å². The second-order valence-corrected chi connectivity index (χ2v) is 10.4. The second kappa shape index (κ2) is 11.7. The molecule has 3 unspecified atom stereocenters. The molecule has 4 heterocycles. The summed E-state index contributed by atoms with van der Waals surface area (Å²) in [6.45, 7) is 10.1. The van der Waals surface area contributed by atoms with Gasteiger partial charge in [0, 0.05) is 43.1 Å². The highest BCUT2D eigenvalue weighted by atomic mass is 16.5. The summed E-state index contributed by atoms with van der Waals surface area (Å²) in [4.78, 5) is 12.4. The Morgan fingerprint density at radius 2 is 2.05 bits per heavy atom. The number of ether oxygens (including phenoxy) is 2. The molecule has 10 heteroatoms. The summed E-state index contributed by atoms with van der Waals surface area (Å²) in [5.74, 6) is 3.10. The topological polar surface area (TPSA) is 110 Å². The minimum absolute atomic E-state index is 0.209. The number of anilines is 2. The van der Waals surface area contributed by atoms with Crippen LogP contribution < -0.4 is 20.3 Å². The predicted molar refractivity (Wildman–Crippen MR) is 148 cm³/mol. The molecule has 0 radical (unpaired) electrons. The molecule has 2 aliphatic heterocycles. The van der Waals surface area contributed by atoms with Gasteiger partial charge in [0.1, 0.15) is 30.1 Å². The summed E-state index contributed by atoms with van der Waals surface area (Å²) in [6, 6.07) is 10.4. The van der Waals surface area contributed by atoms with Gasteiger partial charge in [-0.2, -0.15) is 5.10 Å². The van der Waals surface area contributed by atoms with E-state index in [9.17, 15) is 5.11 Å². The van der Waals surface area contributed by atoms with Gasteiger partial charge in [0.2, 0.25) is 0 Å². The Morgan fingerprint density at radius 3 is 2.79 bits per heavy atom. The maximum absolute atomic E-state index is 10.0. The lowest BCUT2D eigenvalue weighted by atomic mass is 10.1. The van der Waals surface area contributed by atoms with Crippen LogP contribution in [-0.4, -0.2) is 83.5 Å². The molecule has 5 rings (SSSR count). The van der Waals surface area contributed by atoms with E-state index in [1.54, 1.807) is 7.05 Å². The van der Waals surface area contributed by atoms with Gasteiger partial charge >= 0.3 is 0 Å². The number of hydrogen-bond donors (Lipinski definition) is 3. The van der Waals surface area contributed by atoms with Crippen molar-refractivity contribution in [3.8, 4) is 17.1 Å². The number of rotatable bonds is 10. The number of likely N-dealkylation sites (N-methyl/N-ethyl adjacent to an activating group) is 1. The maximum atomic E-state index is 10.0. The standard InChI is InChI=1S/C28H39N7O3/c1-18-12-19(2)35(33-18)23-8-10-34(15-23)28-20(3)26(30-22-9-11-37-16-22)31-27(32-28)21-6-5-7-25(13-21)38-17-24(36)14-29-4/h5-7,12-13,22-24,29,36H,8-11,14-17H2,1-4H3,(H,30,31,32). The minimum Gasteiger partial charge on any atom is -0.491 e. The normalized spacial score (nSPS) is 20.2. The van der Waals surface area contributed by atoms with Crippen LogP contribution in [0.25, 0.3) is 11.4 Å². The number of hydrogen-bond acceptors (Lipinski definition) is 9. The van der Waals surface area contributed by atoms with Crippen molar-refractivity contribution in [2.75, 3.05) is 56.7 Å². The van der Waals surface area contributed by atoms with Crippen molar-refractivity contribution in [3.05, 3.63) is 47.3 Å². The van der Waals surface area contributed by atoms with Gasteiger partial charge in [0.15, 0.2) is 5.82 Å². The number of nitrogens with one attached hydrogen (secondary N) is 2. The molecular weight excluding hydrogens is 482 g/mol. The Balaban J connectivity index is 1.44. The molecule has 3 atom stereocenters.